The minimum absolute atomic E-state index is 0.391. The first-order valence-corrected chi connectivity index (χ1v) is 5.11. The summed E-state index contributed by atoms with van der Waals surface area (Å²) < 4.78 is 37.7. The molecule has 1 heterocycles. The van der Waals surface area contributed by atoms with Gasteiger partial charge in [0, 0.05) is 17.3 Å². The molecule has 0 N–H and O–H groups in total. The van der Waals surface area contributed by atoms with E-state index in [-0.39, 0.29) is 0 Å². The zero-order valence-corrected chi connectivity index (χ0v) is 9.20. The minimum Gasteiger partial charge on any atom is -0.256 e. The Morgan fingerprint density at radius 2 is 1.89 bits per heavy atom. The summed E-state index contributed by atoms with van der Waals surface area (Å²) in [6.07, 6.45) is 2.35. The molecule has 1 nitrogen and oxygen atoms in total. The van der Waals surface area contributed by atoms with Crippen molar-refractivity contribution in [1.82, 2.24) is 4.98 Å². The molecule has 90 valence electrons. The van der Waals surface area contributed by atoms with Crippen molar-refractivity contribution < 1.29 is 13.2 Å². The van der Waals surface area contributed by atoms with Crippen LogP contribution in [-0.2, 0) is 6.18 Å². The standard InChI is InChI=1S/C14H8F3N/c1-2-10-6-7-18-13(8-10)11-4-3-5-12(9-11)14(15,16)17/h1,3-9H. The molecule has 0 saturated carbocycles. The van der Waals surface area contributed by atoms with E-state index >= 15 is 0 Å². The number of hydrogen-bond acceptors (Lipinski definition) is 1. The largest absolute Gasteiger partial charge is 0.416 e. The summed E-state index contributed by atoms with van der Waals surface area (Å²) in [7, 11) is 0. The zero-order chi connectivity index (χ0) is 13.2. The third-order valence-corrected chi connectivity index (χ3v) is 2.41. The third kappa shape index (κ3) is 2.51. The minimum atomic E-state index is -4.36. The Morgan fingerprint density at radius 3 is 2.56 bits per heavy atom. The van der Waals surface area contributed by atoms with Crippen molar-refractivity contribution in [3.05, 3.63) is 53.7 Å². The van der Waals surface area contributed by atoms with E-state index in [0.29, 0.717) is 16.8 Å². The van der Waals surface area contributed by atoms with Crippen molar-refractivity contribution in [2.45, 2.75) is 6.18 Å². The maximum absolute atomic E-state index is 12.6. The molecule has 0 saturated heterocycles. The van der Waals surface area contributed by atoms with E-state index < -0.39 is 11.7 Å². The lowest BCUT2D eigenvalue weighted by atomic mass is 10.1. The summed E-state index contributed by atoms with van der Waals surface area (Å²) in [6, 6.07) is 8.20. The van der Waals surface area contributed by atoms with Gasteiger partial charge in [-0.15, -0.1) is 6.42 Å². The molecule has 0 fully saturated rings. The molecule has 0 radical (unpaired) electrons. The normalized spacial score (nSPS) is 11.0. The number of halogens is 3. The molecule has 0 bridgehead atoms. The predicted octanol–water partition coefficient (Wildman–Crippen LogP) is 3.75. The van der Waals surface area contributed by atoms with Crippen molar-refractivity contribution in [1.29, 1.82) is 0 Å². The van der Waals surface area contributed by atoms with Crippen LogP contribution >= 0.6 is 0 Å². The van der Waals surface area contributed by atoms with Crippen molar-refractivity contribution in [3.63, 3.8) is 0 Å². The monoisotopic (exact) mass is 247 g/mol. The smallest absolute Gasteiger partial charge is 0.256 e. The van der Waals surface area contributed by atoms with Crippen LogP contribution < -0.4 is 0 Å². The number of pyridine rings is 1. The number of nitrogens with zero attached hydrogens (tertiary/aromatic N) is 1. The highest BCUT2D eigenvalue weighted by molar-refractivity contribution is 5.62. The summed E-state index contributed by atoms with van der Waals surface area (Å²) in [5.41, 5.74) is 0.698. The van der Waals surface area contributed by atoms with Gasteiger partial charge in [0.05, 0.1) is 11.3 Å². The molecule has 18 heavy (non-hydrogen) atoms. The predicted molar refractivity (Wildman–Crippen MR) is 62.6 cm³/mol. The second-order valence-corrected chi connectivity index (χ2v) is 3.65. The Balaban J connectivity index is 2.48. The van der Waals surface area contributed by atoms with Gasteiger partial charge in [-0.25, -0.2) is 0 Å². The highest BCUT2D eigenvalue weighted by Crippen LogP contribution is 2.31. The molecule has 0 aliphatic heterocycles. The molecule has 2 aromatic rings. The molecule has 4 heteroatoms. The fraction of sp³-hybridized carbons (Fsp3) is 0.0714. The first-order valence-electron chi connectivity index (χ1n) is 5.11. The molecule has 1 aromatic heterocycles. The van der Waals surface area contributed by atoms with Gasteiger partial charge in [-0.2, -0.15) is 13.2 Å². The Kier molecular flexibility index (Phi) is 3.07. The van der Waals surface area contributed by atoms with E-state index in [9.17, 15) is 13.2 Å². The maximum atomic E-state index is 12.6. The third-order valence-electron chi connectivity index (χ3n) is 2.41. The first-order chi connectivity index (χ1) is 8.50. The van der Waals surface area contributed by atoms with Gasteiger partial charge in [0.15, 0.2) is 0 Å². The van der Waals surface area contributed by atoms with Gasteiger partial charge < -0.3 is 0 Å². The zero-order valence-electron chi connectivity index (χ0n) is 9.20. The van der Waals surface area contributed by atoms with Crippen LogP contribution in [0.4, 0.5) is 13.2 Å². The number of aromatic nitrogens is 1. The Hall–Kier alpha value is -2.28. The number of alkyl halides is 3. The van der Waals surface area contributed by atoms with E-state index in [1.54, 1.807) is 18.2 Å². The molecule has 0 atom stereocenters. The molecular weight excluding hydrogens is 239 g/mol. The number of rotatable bonds is 1. The maximum Gasteiger partial charge on any atom is 0.416 e. The van der Waals surface area contributed by atoms with Crippen LogP contribution in [0.2, 0.25) is 0 Å². The van der Waals surface area contributed by atoms with Crippen molar-refractivity contribution in [2.24, 2.45) is 0 Å². The summed E-state index contributed by atoms with van der Waals surface area (Å²) in [5.74, 6) is 2.42. The molecule has 0 amide bonds. The molecule has 0 spiro atoms. The summed E-state index contributed by atoms with van der Waals surface area (Å²) >= 11 is 0. The average Bonchev–Trinajstić information content (AvgIpc) is 2.38. The highest BCUT2D eigenvalue weighted by atomic mass is 19.4. The number of hydrogen-bond donors (Lipinski definition) is 0. The van der Waals surface area contributed by atoms with Gasteiger partial charge in [0.1, 0.15) is 0 Å². The van der Waals surface area contributed by atoms with Crippen LogP contribution in [0.25, 0.3) is 11.3 Å². The molecule has 1 aromatic carbocycles. The van der Waals surface area contributed by atoms with Crippen molar-refractivity contribution >= 4 is 0 Å². The van der Waals surface area contributed by atoms with E-state index in [4.69, 9.17) is 6.42 Å². The molecule has 0 aliphatic rings. The lowest BCUT2D eigenvalue weighted by molar-refractivity contribution is -0.137. The number of terminal acetylenes is 1. The van der Waals surface area contributed by atoms with E-state index in [0.717, 1.165) is 12.1 Å². The molecule has 2 rings (SSSR count). The second kappa shape index (κ2) is 4.53. The van der Waals surface area contributed by atoms with Crippen LogP contribution in [-0.4, -0.2) is 4.98 Å². The van der Waals surface area contributed by atoms with Gasteiger partial charge in [-0.3, -0.25) is 4.98 Å². The fourth-order valence-electron chi connectivity index (χ4n) is 1.53. The van der Waals surface area contributed by atoms with Crippen LogP contribution in [0.15, 0.2) is 42.6 Å². The topological polar surface area (TPSA) is 12.9 Å². The first kappa shape index (κ1) is 12.2. The lowest BCUT2D eigenvalue weighted by Gasteiger charge is -2.08. The van der Waals surface area contributed by atoms with E-state index in [1.807, 2.05) is 0 Å². The summed E-state index contributed by atoms with van der Waals surface area (Å²) in [4.78, 5) is 4.02. The fourth-order valence-corrected chi connectivity index (χ4v) is 1.53. The Labute approximate surface area is 102 Å². The van der Waals surface area contributed by atoms with E-state index in [1.165, 1.54) is 12.3 Å². The van der Waals surface area contributed by atoms with Gasteiger partial charge in [-0.1, -0.05) is 18.1 Å². The molecular formula is C14H8F3N. The lowest BCUT2D eigenvalue weighted by Crippen LogP contribution is -2.04. The van der Waals surface area contributed by atoms with Gasteiger partial charge in [-0.05, 0) is 24.3 Å². The van der Waals surface area contributed by atoms with Crippen LogP contribution in [0.5, 0.6) is 0 Å². The van der Waals surface area contributed by atoms with Gasteiger partial charge in [0.2, 0.25) is 0 Å². The SMILES string of the molecule is C#Cc1ccnc(-c2cccc(C(F)(F)F)c2)c1. The quantitative estimate of drug-likeness (QED) is 0.699. The second-order valence-electron chi connectivity index (χ2n) is 3.65. The summed E-state index contributed by atoms with van der Waals surface area (Å²) in [6.45, 7) is 0. The Bertz CT molecular complexity index is 609. The van der Waals surface area contributed by atoms with Crippen LogP contribution in [0.3, 0.4) is 0 Å². The summed E-state index contributed by atoms with van der Waals surface area (Å²) in [5, 5.41) is 0. The van der Waals surface area contributed by atoms with Crippen molar-refractivity contribution in [2.75, 3.05) is 0 Å². The van der Waals surface area contributed by atoms with Gasteiger partial charge >= 0.3 is 6.18 Å². The molecule has 0 aliphatic carbocycles. The van der Waals surface area contributed by atoms with Crippen LogP contribution in [0, 0.1) is 12.3 Å². The van der Waals surface area contributed by atoms with Gasteiger partial charge in [0.25, 0.3) is 0 Å². The Morgan fingerprint density at radius 1 is 1.11 bits per heavy atom. The van der Waals surface area contributed by atoms with E-state index in [2.05, 4.69) is 10.9 Å². The average molecular weight is 247 g/mol. The molecule has 0 unspecified atom stereocenters. The number of benzene rings is 1. The van der Waals surface area contributed by atoms with Crippen LogP contribution in [0.1, 0.15) is 11.1 Å². The van der Waals surface area contributed by atoms with Crippen molar-refractivity contribution in [3.8, 4) is 23.6 Å². The highest BCUT2D eigenvalue weighted by Gasteiger charge is 2.30.